The molecule has 0 saturated carbocycles. The molecule has 1 aliphatic heterocycles. The van der Waals surface area contributed by atoms with Crippen molar-refractivity contribution >= 4 is 34.6 Å². The normalized spacial score (nSPS) is 13.5. The quantitative estimate of drug-likeness (QED) is 0.601. The first-order valence-electron chi connectivity index (χ1n) is 8.70. The minimum atomic E-state index is 0.728. The van der Waals surface area contributed by atoms with Crippen molar-refractivity contribution in [1.82, 2.24) is 4.57 Å². The number of rotatable bonds is 3. The zero-order valence-corrected chi connectivity index (χ0v) is 15.5. The maximum absolute atomic E-state index is 11.7. The van der Waals surface area contributed by atoms with E-state index < -0.39 is 0 Å². The Bertz CT molecular complexity index is 986. The van der Waals surface area contributed by atoms with E-state index >= 15 is 0 Å². The molecule has 4 rings (SSSR count). The monoisotopic (exact) mass is 352 g/mol. The molecule has 128 valence electrons. The molecule has 0 aliphatic carbocycles. The Morgan fingerprint density at radius 1 is 1.16 bits per heavy atom. The summed E-state index contributed by atoms with van der Waals surface area (Å²) in [5, 5.41) is 1.97. The van der Waals surface area contributed by atoms with E-state index in [2.05, 4.69) is 43.5 Å². The molecule has 1 aliphatic rings. The van der Waals surface area contributed by atoms with Crippen LogP contribution in [0.15, 0.2) is 30.3 Å². The molecule has 0 radical (unpaired) electrons. The standard InChI is InChI=1S/C21H21ClN2O/c1-4-17-14(3)20-21-18(19(17)15-5-7-16(22)8-6-15)11-13(2)24(21)10-9-23(20)12-25/h5-8,11-12H,4,9-10H2,1-3H3. The topological polar surface area (TPSA) is 25.2 Å². The van der Waals surface area contributed by atoms with E-state index in [1.807, 2.05) is 17.0 Å². The maximum Gasteiger partial charge on any atom is 0.214 e. The van der Waals surface area contributed by atoms with Crippen LogP contribution in [0.2, 0.25) is 5.02 Å². The lowest BCUT2D eigenvalue weighted by atomic mass is 9.89. The number of nitrogens with zero attached hydrogens (tertiary/aromatic N) is 2. The lowest BCUT2D eigenvalue weighted by Crippen LogP contribution is -2.31. The number of halogens is 1. The summed E-state index contributed by atoms with van der Waals surface area (Å²) in [4.78, 5) is 13.5. The van der Waals surface area contributed by atoms with Crippen LogP contribution in [0, 0.1) is 13.8 Å². The van der Waals surface area contributed by atoms with Crippen LogP contribution < -0.4 is 4.90 Å². The molecule has 3 nitrogen and oxygen atoms in total. The van der Waals surface area contributed by atoms with E-state index in [1.165, 1.54) is 38.9 Å². The van der Waals surface area contributed by atoms with Crippen LogP contribution in [0.25, 0.3) is 22.0 Å². The third-order valence-electron chi connectivity index (χ3n) is 5.37. The van der Waals surface area contributed by atoms with Crippen molar-refractivity contribution in [3.63, 3.8) is 0 Å². The zero-order chi connectivity index (χ0) is 17.7. The summed E-state index contributed by atoms with van der Waals surface area (Å²) in [6.45, 7) is 8.03. The van der Waals surface area contributed by atoms with Crippen molar-refractivity contribution in [2.24, 2.45) is 0 Å². The van der Waals surface area contributed by atoms with Crippen LogP contribution in [0.4, 0.5) is 5.69 Å². The van der Waals surface area contributed by atoms with Crippen molar-refractivity contribution in [2.45, 2.75) is 33.7 Å². The van der Waals surface area contributed by atoms with Gasteiger partial charge in [0.05, 0.1) is 11.2 Å². The zero-order valence-electron chi connectivity index (χ0n) is 14.8. The number of anilines is 1. The van der Waals surface area contributed by atoms with E-state index in [0.29, 0.717) is 0 Å². The lowest BCUT2D eigenvalue weighted by molar-refractivity contribution is -0.107. The fourth-order valence-electron chi connectivity index (χ4n) is 4.25. The highest BCUT2D eigenvalue weighted by Crippen LogP contribution is 2.44. The molecule has 1 aromatic heterocycles. The highest BCUT2D eigenvalue weighted by molar-refractivity contribution is 6.30. The fraction of sp³-hybridized carbons (Fsp3) is 0.286. The first-order chi connectivity index (χ1) is 12.1. The van der Waals surface area contributed by atoms with Gasteiger partial charge in [-0.05, 0) is 60.7 Å². The predicted molar refractivity (Wildman–Crippen MR) is 105 cm³/mol. The summed E-state index contributed by atoms with van der Waals surface area (Å²) in [6.07, 6.45) is 1.89. The molecule has 0 fully saturated rings. The second-order valence-electron chi connectivity index (χ2n) is 6.69. The van der Waals surface area contributed by atoms with Gasteiger partial charge in [0.25, 0.3) is 0 Å². The summed E-state index contributed by atoms with van der Waals surface area (Å²) in [6, 6.07) is 10.3. The van der Waals surface area contributed by atoms with Crippen LogP contribution in [0.5, 0.6) is 0 Å². The molecule has 25 heavy (non-hydrogen) atoms. The number of benzene rings is 2. The van der Waals surface area contributed by atoms with Crippen LogP contribution in [-0.2, 0) is 17.8 Å². The number of amides is 1. The minimum Gasteiger partial charge on any atom is -0.341 e. The number of aryl methyl sites for hydroxylation is 1. The van der Waals surface area contributed by atoms with E-state index in [9.17, 15) is 4.79 Å². The van der Waals surface area contributed by atoms with Gasteiger partial charge in [-0.3, -0.25) is 4.79 Å². The van der Waals surface area contributed by atoms with Crippen molar-refractivity contribution in [3.05, 3.63) is 52.2 Å². The van der Waals surface area contributed by atoms with Gasteiger partial charge in [-0.2, -0.15) is 0 Å². The van der Waals surface area contributed by atoms with E-state index in [0.717, 1.165) is 36.6 Å². The van der Waals surface area contributed by atoms with Crippen molar-refractivity contribution in [2.75, 3.05) is 11.4 Å². The van der Waals surface area contributed by atoms with Crippen molar-refractivity contribution in [3.8, 4) is 11.1 Å². The number of hydrogen-bond donors (Lipinski definition) is 0. The van der Waals surface area contributed by atoms with E-state index in [-0.39, 0.29) is 0 Å². The highest BCUT2D eigenvalue weighted by Gasteiger charge is 2.27. The Morgan fingerprint density at radius 3 is 2.52 bits per heavy atom. The van der Waals surface area contributed by atoms with Gasteiger partial charge in [0.15, 0.2) is 0 Å². The smallest absolute Gasteiger partial charge is 0.214 e. The third-order valence-corrected chi connectivity index (χ3v) is 5.62. The molecule has 0 unspecified atom stereocenters. The van der Waals surface area contributed by atoms with Crippen LogP contribution in [-0.4, -0.2) is 17.5 Å². The van der Waals surface area contributed by atoms with Gasteiger partial charge in [-0.1, -0.05) is 30.7 Å². The number of carbonyl (C=O) groups excluding carboxylic acids is 1. The highest BCUT2D eigenvalue weighted by atomic mass is 35.5. The van der Waals surface area contributed by atoms with E-state index in [1.54, 1.807) is 0 Å². The largest absolute Gasteiger partial charge is 0.341 e. The SMILES string of the molecule is CCc1c(C)c2c3c(cc(C)n3CCN2C=O)c1-c1ccc(Cl)cc1. The Morgan fingerprint density at radius 2 is 1.88 bits per heavy atom. The van der Waals surface area contributed by atoms with Crippen molar-refractivity contribution in [1.29, 1.82) is 0 Å². The second kappa shape index (κ2) is 5.92. The average molecular weight is 353 g/mol. The molecule has 0 saturated heterocycles. The van der Waals surface area contributed by atoms with Crippen molar-refractivity contribution < 1.29 is 4.79 Å². The summed E-state index contributed by atoms with van der Waals surface area (Å²) in [7, 11) is 0. The van der Waals surface area contributed by atoms with Gasteiger partial charge in [-0.15, -0.1) is 0 Å². The van der Waals surface area contributed by atoms with Gasteiger partial charge in [-0.25, -0.2) is 0 Å². The number of carbonyl (C=O) groups is 1. The Kier molecular flexibility index (Phi) is 3.84. The summed E-state index contributed by atoms with van der Waals surface area (Å²) in [5.74, 6) is 0. The molecular weight excluding hydrogens is 332 g/mol. The Hall–Kier alpha value is -2.26. The molecule has 0 spiro atoms. The Balaban J connectivity index is 2.16. The second-order valence-corrected chi connectivity index (χ2v) is 7.12. The molecule has 0 atom stereocenters. The predicted octanol–water partition coefficient (Wildman–Crippen LogP) is 5.12. The molecule has 0 N–H and O–H groups in total. The van der Waals surface area contributed by atoms with Gasteiger partial charge < -0.3 is 9.47 Å². The number of aromatic nitrogens is 1. The molecule has 4 heteroatoms. The fourth-order valence-corrected chi connectivity index (χ4v) is 4.37. The van der Waals surface area contributed by atoms with E-state index in [4.69, 9.17) is 11.6 Å². The Labute approximate surface area is 152 Å². The first-order valence-corrected chi connectivity index (χ1v) is 9.07. The third kappa shape index (κ3) is 2.30. The van der Waals surface area contributed by atoms with Gasteiger partial charge in [0, 0.05) is 29.2 Å². The van der Waals surface area contributed by atoms with Gasteiger partial charge in [0.1, 0.15) is 0 Å². The molecule has 1 amide bonds. The molecular formula is C21H21ClN2O. The maximum atomic E-state index is 11.7. The molecule has 0 bridgehead atoms. The summed E-state index contributed by atoms with van der Waals surface area (Å²) in [5.41, 5.74) is 8.43. The first kappa shape index (κ1) is 16.2. The van der Waals surface area contributed by atoms with Crippen LogP contribution >= 0.6 is 11.6 Å². The molecule has 2 heterocycles. The number of hydrogen-bond acceptors (Lipinski definition) is 1. The molecule has 2 aromatic carbocycles. The summed E-state index contributed by atoms with van der Waals surface area (Å²) >= 11 is 6.10. The van der Waals surface area contributed by atoms with Gasteiger partial charge >= 0.3 is 0 Å². The molecule has 3 aromatic rings. The van der Waals surface area contributed by atoms with Gasteiger partial charge in [0.2, 0.25) is 6.41 Å². The average Bonchev–Trinajstić information content (AvgIpc) is 2.95. The lowest BCUT2D eigenvalue weighted by Gasteiger charge is -2.30. The summed E-state index contributed by atoms with van der Waals surface area (Å²) < 4.78 is 2.34. The minimum absolute atomic E-state index is 0.728. The van der Waals surface area contributed by atoms with Crippen LogP contribution in [0.1, 0.15) is 23.7 Å². The van der Waals surface area contributed by atoms with Crippen LogP contribution in [0.3, 0.4) is 0 Å².